The number of alkyl halides is 1. The highest BCUT2D eigenvalue weighted by Crippen LogP contribution is 2.64. The smallest absolute Gasteiger partial charge is 0.321 e. The summed E-state index contributed by atoms with van der Waals surface area (Å²) in [6, 6.07) is 0. The van der Waals surface area contributed by atoms with Gasteiger partial charge in [-0.25, -0.2) is 0 Å². The van der Waals surface area contributed by atoms with E-state index in [9.17, 15) is 39.6 Å². The van der Waals surface area contributed by atoms with Crippen LogP contribution in [0.4, 0.5) is 0 Å². The van der Waals surface area contributed by atoms with Crippen LogP contribution in [0.25, 0.3) is 0 Å². The Labute approximate surface area is 133 Å². The molecule has 8 nitrogen and oxygen atoms in total. The molecule has 7 atom stereocenters. The Kier molecular flexibility index (Phi) is 3.97. The molecule has 9 heteroatoms. The largest absolute Gasteiger partial charge is 0.481 e. The number of fused-ring (bicyclic) bond motifs is 1. The van der Waals surface area contributed by atoms with Gasteiger partial charge < -0.3 is 20.4 Å². The number of carboxylic acid groups (broad SMARTS) is 4. The number of carbonyl (C=O) groups is 4. The highest BCUT2D eigenvalue weighted by Gasteiger charge is 2.73. The summed E-state index contributed by atoms with van der Waals surface area (Å²) in [5.41, 5.74) is 0. The van der Waals surface area contributed by atoms with Gasteiger partial charge in [0.05, 0.1) is 17.8 Å². The van der Waals surface area contributed by atoms with Crippen molar-refractivity contribution in [1.82, 2.24) is 0 Å². The van der Waals surface area contributed by atoms with Crippen LogP contribution in [-0.4, -0.2) is 48.6 Å². The third-order valence-corrected chi connectivity index (χ3v) is 6.48. The van der Waals surface area contributed by atoms with Crippen molar-refractivity contribution in [2.24, 2.45) is 35.5 Å². The van der Waals surface area contributed by atoms with Gasteiger partial charge in [-0.3, -0.25) is 19.2 Å². The summed E-state index contributed by atoms with van der Waals surface area (Å²) in [5, 5.41) is 37.2. The Bertz CT molecular complexity index is 542. The molecule has 22 heavy (non-hydrogen) atoms. The monoisotopic (exact) mass is 378 g/mol. The molecule has 0 amide bonds. The summed E-state index contributed by atoms with van der Waals surface area (Å²) in [7, 11) is 0. The molecule has 0 aromatic heterocycles. The molecule has 4 N–H and O–H groups in total. The van der Waals surface area contributed by atoms with Crippen molar-refractivity contribution in [3.05, 3.63) is 0 Å². The van der Waals surface area contributed by atoms with Crippen LogP contribution in [0.2, 0.25) is 0 Å². The van der Waals surface area contributed by atoms with Gasteiger partial charge in [-0.05, 0) is 24.2 Å². The minimum absolute atomic E-state index is 0.154. The molecule has 122 valence electrons. The Morgan fingerprint density at radius 3 is 1.91 bits per heavy atom. The van der Waals surface area contributed by atoms with Gasteiger partial charge in [0.15, 0.2) is 0 Å². The van der Waals surface area contributed by atoms with Gasteiger partial charge in [0.2, 0.25) is 0 Å². The van der Waals surface area contributed by atoms with E-state index >= 15 is 0 Å². The molecule has 2 aliphatic rings. The molecular formula is C13H15BrO8. The van der Waals surface area contributed by atoms with Crippen LogP contribution in [0.5, 0.6) is 0 Å². The van der Waals surface area contributed by atoms with Crippen molar-refractivity contribution in [2.45, 2.75) is 17.7 Å². The highest BCUT2D eigenvalue weighted by atomic mass is 79.9. The summed E-state index contributed by atoms with van der Waals surface area (Å²) in [4.78, 5) is 45.7. The number of rotatable bonds is 4. The first-order valence-corrected chi connectivity index (χ1v) is 7.45. The second-order valence-electron chi connectivity index (χ2n) is 5.98. The van der Waals surface area contributed by atoms with Crippen LogP contribution in [0, 0.1) is 35.5 Å². The van der Waals surface area contributed by atoms with E-state index in [0.717, 1.165) is 0 Å². The fraction of sp³-hybridized carbons (Fsp3) is 0.692. The summed E-state index contributed by atoms with van der Waals surface area (Å²) < 4.78 is -1.76. The zero-order valence-electron chi connectivity index (χ0n) is 11.5. The molecule has 0 heterocycles. The van der Waals surface area contributed by atoms with E-state index in [1.807, 2.05) is 0 Å². The average molecular weight is 379 g/mol. The van der Waals surface area contributed by atoms with Crippen LogP contribution in [0.3, 0.4) is 0 Å². The molecule has 2 fully saturated rings. The van der Waals surface area contributed by atoms with Crippen molar-refractivity contribution >= 4 is 39.8 Å². The molecule has 7 unspecified atom stereocenters. The molecule has 2 rings (SSSR count). The Balaban J connectivity index is 2.47. The fourth-order valence-electron chi connectivity index (χ4n) is 4.29. The summed E-state index contributed by atoms with van der Waals surface area (Å²) in [5.74, 6) is -11.3. The zero-order chi connectivity index (χ0) is 17.0. The third-order valence-electron chi connectivity index (χ3n) is 5.12. The van der Waals surface area contributed by atoms with Crippen LogP contribution in [0.1, 0.15) is 13.3 Å². The maximum absolute atomic E-state index is 11.5. The average Bonchev–Trinajstić information content (AvgIpc) is 2.34. The molecule has 0 bridgehead atoms. The molecule has 0 radical (unpaired) electrons. The first-order valence-electron chi connectivity index (χ1n) is 6.65. The first kappa shape index (κ1) is 16.7. The molecular weight excluding hydrogens is 364 g/mol. The van der Waals surface area contributed by atoms with Crippen molar-refractivity contribution < 1.29 is 39.6 Å². The van der Waals surface area contributed by atoms with Crippen molar-refractivity contribution in [3.63, 3.8) is 0 Å². The van der Waals surface area contributed by atoms with Gasteiger partial charge >= 0.3 is 23.9 Å². The molecule has 0 aromatic rings. The number of hydrogen-bond donors (Lipinski definition) is 4. The van der Waals surface area contributed by atoms with Crippen LogP contribution >= 0.6 is 15.9 Å². The predicted molar refractivity (Wildman–Crippen MR) is 73.4 cm³/mol. The van der Waals surface area contributed by atoms with E-state index < -0.39 is 63.7 Å². The lowest BCUT2D eigenvalue weighted by Gasteiger charge is -2.60. The fourth-order valence-corrected chi connectivity index (χ4v) is 5.59. The summed E-state index contributed by atoms with van der Waals surface area (Å²) in [6.45, 7) is 1.47. The minimum Gasteiger partial charge on any atom is -0.481 e. The van der Waals surface area contributed by atoms with E-state index in [0.29, 0.717) is 0 Å². The molecule has 0 aromatic carbocycles. The van der Waals surface area contributed by atoms with Crippen LogP contribution < -0.4 is 0 Å². The van der Waals surface area contributed by atoms with E-state index in [-0.39, 0.29) is 6.42 Å². The van der Waals surface area contributed by atoms with E-state index in [4.69, 9.17) is 0 Å². The van der Waals surface area contributed by atoms with Gasteiger partial charge in [-0.2, -0.15) is 0 Å². The lowest BCUT2D eigenvalue weighted by Crippen LogP contribution is -2.71. The van der Waals surface area contributed by atoms with Gasteiger partial charge in [-0.1, -0.05) is 22.9 Å². The Hall–Kier alpha value is -1.64. The lowest BCUT2D eigenvalue weighted by atomic mass is 9.45. The van der Waals surface area contributed by atoms with Crippen LogP contribution in [-0.2, 0) is 19.2 Å². The molecule has 0 spiro atoms. The number of aliphatic carboxylic acids is 4. The maximum Gasteiger partial charge on any atom is 0.321 e. The Morgan fingerprint density at radius 1 is 1.00 bits per heavy atom. The normalized spacial score (nSPS) is 43.5. The van der Waals surface area contributed by atoms with E-state index in [1.165, 1.54) is 6.92 Å². The first-order chi connectivity index (χ1) is 10.0. The SMILES string of the molecule is CC1C(C(=O)O)C(C(=O)O)CC2C(C(=O)O)C(Br)(C(=O)O)C12. The highest BCUT2D eigenvalue weighted by molar-refractivity contribution is 9.10. The lowest BCUT2D eigenvalue weighted by molar-refractivity contribution is -0.190. The topological polar surface area (TPSA) is 149 Å². The van der Waals surface area contributed by atoms with Gasteiger partial charge in [0, 0.05) is 0 Å². The second-order valence-corrected chi connectivity index (χ2v) is 7.29. The Morgan fingerprint density at radius 2 is 1.55 bits per heavy atom. The molecule has 0 aliphatic heterocycles. The quantitative estimate of drug-likeness (QED) is 0.519. The number of halogens is 1. The summed E-state index contributed by atoms with van der Waals surface area (Å²) >= 11 is 2.99. The van der Waals surface area contributed by atoms with Gasteiger partial charge in [-0.15, -0.1) is 0 Å². The molecule has 2 aliphatic carbocycles. The van der Waals surface area contributed by atoms with Gasteiger partial charge in [0.1, 0.15) is 4.32 Å². The predicted octanol–water partition coefficient (Wildman–Crippen LogP) is 0.593. The number of hydrogen-bond acceptors (Lipinski definition) is 4. The van der Waals surface area contributed by atoms with Gasteiger partial charge in [0.25, 0.3) is 0 Å². The second kappa shape index (κ2) is 5.22. The summed E-state index contributed by atoms with van der Waals surface area (Å²) in [6.07, 6.45) is -0.154. The zero-order valence-corrected chi connectivity index (χ0v) is 13.1. The van der Waals surface area contributed by atoms with E-state index in [2.05, 4.69) is 15.9 Å². The third kappa shape index (κ3) is 2.02. The maximum atomic E-state index is 11.5. The standard InChI is InChI=1S/C13H15BrO8/c1-3-6(10(17)18)4(9(15)16)2-5-7(3)13(14,12(21)22)8(5)11(19)20/h3-8H,2H2,1H3,(H,15,16)(H,17,18)(H,19,20)(H,21,22). The van der Waals surface area contributed by atoms with Crippen molar-refractivity contribution in [1.29, 1.82) is 0 Å². The minimum atomic E-state index is -1.76. The number of carboxylic acids is 4. The van der Waals surface area contributed by atoms with Crippen molar-refractivity contribution in [2.75, 3.05) is 0 Å². The van der Waals surface area contributed by atoms with E-state index in [1.54, 1.807) is 0 Å². The molecule has 0 saturated heterocycles. The van der Waals surface area contributed by atoms with Crippen molar-refractivity contribution in [3.8, 4) is 0 Å². The molecule has 2 saturated carbocycles. The van der Waals surface area contributed by atoms with Crippen LogP contribution in [0.15, 0.2) is 0 Å².